The number of fused-ring (bicyclic) bond motifs is 11. The van der Waals surface area contributed by atoms with Gasteiger partial charge in [0.05, 0.1) is 0 Å². The van der Waals surface area contributed by atoms with Crippen LogP contribution in [0.15, 0.2) is 211 Å². The molecule has 0 radical (unpaired) electrons. The van der Waals surface area contributed by atoms with Gasteiger partial charge >= 0.3 is 0 Å². The molecule has 13 rings (SSSR count). The van der Waals surface area contributed by atoms with Crippen LogP contribution in [0.3, 0.4) is 0 Å². The minimum absolute atomic E-state index is 0.0655. The third kappa shape index (κ3) is 5.15. The molecule has 0 saturated carbocycles. The molecule has 1 aliphatic carbocycles. The Labute approximate surface area is 360 Å². The van der Waals surface area contributed by atoms with Crippen molar-refractivity contribution < 1.29 is 4.42 Å². The van der Waals surface area contributed by atoms with Crippen molar-refractivity contribution in [2.75, 3.05) is 0 Å². The fraction of sp³-hybridized carbons (Fsp3) is 0.0492. The summed E-state index contributed by atoms with van der Waals surface area (Å²) in [4.78, 5) is 0. The molecule has 1 heterocycles. The van der Waals surface area contributed by atoms with Gasteiger partial charge in [0.25, 0.3) is 0 Å². The summed E-state index contributed by atoms with van der Waals surface area (Å²) in [6, 6.07) is 76.2. The number of rotatable bonds is 4. The number of hydrogen-bond acceptors (Lipinski definition) is 1. The number of furan rings is 1. The molecular weight excluding hydrogens is 749 g/mol. The van der Waals surface area contributed by atoms with E-state index in [2.05, 4.69) is 220 Å². The van der Waals surface area contributed by atoms with E-state index in [1.807, 2.05) is 0 Å². The van der Waals surface area contributed by atoms with Gasteiger partial charge in [-0.05, 0) is 146 Å². The SMILES string of the molecule is CC1(C)c2ccc(-c3ccc4oc5ccc(-c6c7ccccc7c(-c7ccc(-c8ccc9ccccc9c8)cc7)c7ccccc67)cc5c4c3)cc2-c2c1ccc1ccccc21. The first-order valence-electron chi connectivity index (χ1n) is 21.7. The van der Waals surface area contributed by atoms with Gasteiger partial charge in [0, 0.05) is 16.2 Å². The average molecular weight is 789 g/mol. The monoisotopic (exact) mass is 788 g/mol. The molecular formula is C61H40O. The molecule has 290 valence electrons. The summed E-state index contributed by atoms with van der Waals surface area (Å²) in [5.41, 5.74) is 17.0. The predicted octanol–water partition coefficient (Wildman–Crippen LogP) is 17.2. The summed E-state index contributed by atoms with van der Waals surface area (Å²) in [5.74, 6) is 0. The lowest BCUT2D eigenvalue weighted by Crippen LogP contribution is -2.14. The molecule has 0 amide bonds. The lowest BCUT2D eigenvalue weighted by molar-refractivity contribution is 0.661. The molecule has 1 nitrogen and oxygen atoms in total. The Balaban J connectivity index is 0.941. The first-order chi connectivity index (χ1) is 30.5. The molecule has 0 aliphatic heterocycles. The van der Waals surface area contributed by atoms with Crippen LogP contribution >= 0.6 is 0 Å². The summed E-state index contributed by atoms with van der Waals surface area (Å²) in [7, 11) is 0. The van der Waals surface area contributed by atoms with E-state index in [1.54, 1.807) is 0 Å². The molecule has 1 aliphatic rings. The predicted molar refractivity (Wildman–Crippen MR) is 263 cm³/mol. The summed E-state index contributed by atoms with van der Waals surface area (Å²) in [6.45, 7) is 4.72. The van der Waals surface area contributed by atoms with E-state index in [-0.39, 0.29) is 5.41 Å². The van der Waals surface area contributed by atoms with E-state index >= 15 is 0 Å². The maximum absolute atomic E-state index is 6.54. The van der Waals surface area contributed by atoms with Crippen LogP contribution in [-0.4, -0.2) is 0 Å². The van der Waals surface area contributed by atoms with Gasteiger partial charge in [-0.1, -0.05) is 184 Å². The van der Waals surface area contributed by atoms with Gasteiger partial charge in [-0.25, -0.2) is 0 Å². The molecule has 0 unspecified atom stereocenters. The van der Waals surface area contributed by atoms with Crippen LogP contribution in [0.1, 0.15) is 25.0 Å². The Kier molecular flexibility index (Phi) is 7.42. The highest BCUT2D eigenvalue weighted by Gasteiger charge is 2.36. The number of benzene rings is 11. The third-order valence-corrected chi connectivity index (χ3v) is 13.8. The fourth-order valence-corrected chi connectivity index (χ4v) is 10.8. The first-order valence-corrected chi connectivity index (χ1v) is 21.7. The molecule has 0 spiro atoms. The highest BCUT2D eigenvalue weighted by molar-refractivity contribution is 6.22. The Morgan fingerprint density at radius 3 is 1.44 bits per heavy atom. The van der Waals surface area contributed by atoms with Crippen molar-refractivity contribution in [1.29, 1.82) is 0 Å². The van der Waals surface area contributed by atoms with Crippen molar-refractivity contribution in [3.05, 3.63) is 217 Å². The van der Waals surface area contributed by atoms with Crippen molar-refractivity contribution in [2.24, 2.45) is 0 Å². The molecule has 0 fully saturated rings. The van der Waals surface area contributed by atoms with Crippen LogP contribution in [0.2, 0.25) is 0 Å². The second kappa shape index (κ2) is 13.1. The highest BCUT2D eigenvalue weighted by atomic mass is 16.3. The van der Waals surface area contributed by atoms with E-state index in [1.165, 1.54) is 110 Å². The number of hydrogen-bond donors (Lipinski definition) is 0. The topological polar surface area (TPSA) is 13.1 Å². The van der Waals surface area contributed by atoms with Gasteiger partial charge in [0.2, 0.25) is 0 Å². The summed E-state index contributed by atoms with van der Waals surface area (Å²) < 4.78 is 6.54. The van der Waals surface area contributed by atoms with Crippen molar-refractivity contribution in [3.63, 3.8) is 0 Å². The van der Waals surface area contributed by atoms with Crippen LogP contribution in [0.25, 0.3) is 121 Å². The summed E-state index contributed by atoms with van der Waals surface area (Å²) >= 11 is 0. The van der Waals surface area contributed by atoms with E-state index < -0.39 is 0 Å². The molecule has 11 aromatic carbocycles. The molecule has 12 aromatic rings. The minimum atomic E-state index is -0.0655. The second-order valence-electron chi connectivity index (χ2n) is 17.6. The zero-order valence-electron chi connectivity index (χ0n) is 34.5. The molecule has 0 N–H and O–H groups in total. The van der Waals surface area contributed by atoms with Gasteiger partial charge in [-0.2, -0.15) is 0 Å². The molecule has 1 heteroatoms. The van der Waals surface area contributed by atoms with Gasteiger partial charge in [0.15, 0.2) is 0 Å². The Hall–Kier alpha value is -7.74. The second-order valence-corrected chi connectivity index (χ2v) is 17.6. The van der Waals surface area contributed by atoms with E-state index in [0.717, 1.165) is 21.9 Å². The minimum Gasteiger partial charge on any atom is -0.456 e. The van der Waals surface area contributed by atoms with Crippen LogP contribution in [0.5, 0.6) is 0 Å². The maximum atomic E-state index is 6.54. The van der Waals surface area contributed by atoms with Gasteiger partial charge in [0.1, 0.15) is 11.2 Å². The Morgan fingerprint density at radius 2 is 0.742 bits per heavy atom. The maximum Gasteiger partial charge on any atom is 0.135 e. The largest absolute Gasteiger partial charge is 0.456 e. The summed E-state index contributed by atoms with van der Waals surface area (Å²) in [6.07, 6.45) is 0. The summed E-state index contributed by atoms with van der Waals surface area (Å²) in [5, 5.41) is 12.3. The lowest BCUT2D eigenvalue weighted by Gasteiger charge is -2.21. The molecule has 0 bridgehead atoms. The molecule has 62 heavy (non-hydrogen) atoms. The zero-order valence-corrected chi connectivity index (χ0v) is 34.5. The van der Waals surface area contributed by atoms with Crippen molar-refractivity contribution >= 4 is 65.0 Å². The van der Waals surface area contributed by atoms with E-state index in [9.17, 15) is 0 Å². The Morgan fingerprint density at radius 1 is 0.290 bits per heavy atom. The van der Waals surface area contributed by atoms with Crippen LogP contribution in [-0.2, 0) is 5.41 Å². The van der Waals surface area contributed by atoms with Gasteiger partial charge in [-0.15, -0.1) is 0 Å². The first kappa shape index (κ1) is 35.1. The van der Waals surface area contributed by atoms with E-state index in [4.69, 9.17) is 4.42 Å². The molecule has 0 atom stereocenters. The standard InChI is InChI=1S/C61H40O/c1-61(2)54-29-26-43(35-53(54)60-46-14-6-5-12-39(46)25-30-55(60)61)44-27-31-56-51(34-44)52-36-45(28-32-57(52)62-56)59-49-17-9-7-15-47(49)58(48-16-8-10-18-50(48)59)40-22-19-38(20-23-40)42-24-21-37-11-3-4-13-41(37)33-42/h3-36H,1-2H3. The van der Waals surface area contributed by atoms with Crippen molar-refractivity contribution in [1.82, 2.24) is 0 Å². The molecule has 1 aromatic heterocycles. The van der Waals surface area contributed by atoms with Gasteiger partial charge in [-0.3, -0.25) is 0 Å². The van der Waals surface area contributed by atoms with Crippen LogP contribution < -0.4 is 0 Å². The van der Waals surface area contributed by atoms with Crippen LogP contribution in [0.4, 0.5) is 0 Å². The van der Waals surface area contributed by atoms with E-state index in [0.29, 0.717) is 0 Å². The molecule has 0 saturated heterocycles. The van der Waals surface area contributed by atoms with Crippen LogP contribution in [0, 0.1) is 0 Å². The lowest BCUT2D eigenvalue weighted by atomic mass is 9.82. The zero-order chi connectivity index (χ0) is 41.1. The quantitative estimate of drug-likeness (QED) is 0.162. The van der Waals surface area contributed by atoms with Crippen molar-refractivity contribution in [3.8, 4) is 55.6 Å². The highest BCUT2D eigenvalue weighted by Crippen LogP contribution is 2.52. The Bertz CT molecular complexity index is 3770. The average Bonchev–Trinajstić information content (AvgIpc) is 3.80. The van der Waals surface area contributed by atoms with Gasteiger partial charge < -0.3 is 4.42 Å². The fourth-order valence-electron chi connectivity index (χ4n) is 10.8. The smallest absolute Gasteiger partial charge is 0.135 e. The third-order valence-electron chi connectivity index (χ3n) is 13.8. The van der Waals surface area contributed by atoms with Crippen molar-refractivity contribution in [2.45, 2.75) is 19.3 Å². The normalized spacial score (nSPS) is 13.1.